The molecule has 0 bridgehead atoms. The minimum absolute atomic E-state index is 0.0771. The number of carbonyl (C=O) groups is 1. The largest absolute Gasteiger partial charge is 0.439 e. The van der Waals surface area contributed by atoms with Crippen molar-refractivity contribution in [1.82, 2.24) is 15.0 Å². The maximum atomic E-state index is 12.7. The van der Waals surface area contributed by atoms with E-state index in [9.17, 15) is 18.0 Å². The number of hydrogen-bond acceptors (Lipinski definition) is 5. The Kier molecular flexibility index (Phi) is 6.34. The van der Waals surface area contributed by atoms with E-state index < -0.39 is 11.7 Å². The molecule has 1 atom stereocenters. The van der Waals surface area contributed by atoms with Gasteiger partial charge in [-0.2, -0.15) is 13.2 Å². The number of anilines is 1. The van der Waals surface area contributed by atoms with Crippen LogP contribution in [0.5, 0.6) is 11.6 Å². The quantitative estimate of drug-likeness (QED) is 0.531. The van der Waals surface area contributed by atoms with Crippen molar-refractivity contribution in [1.29, 1.82) is 0 Å². The zero-order valence-corrected chi connectivity index (χ0v) is 17.7. The van der Waals surface area contributed by atoms with Crippen molar-refractivity contribution in [2.45, 2.75) is 19.5 Å². The average Bonchev–Trinajstić information content (AvgIpc) is 3.28. The van der Waals surface area contributed by atoms with Gasteiger partial charge in [0.25, 0.3) is 0 Å². The van der Waals surface area contributed by atoms with Crippen LogP contribution in [0.25, 0.3) is 6.08 Å². The maximum absolute atomic E-state index is 12.7. The number of urea groups is 1. The summed E-state index contributed by atoms with van der Waals surface area (Å²) in [6.07, 6.45) is 1.87. The zero-order valence-electron chi connectivity index (χ0n) is 17.7. The van der Waals surface area contributed by atoms with Crippen molar-refractivity contribution in [2.75, 3.05) is 18.4 Å². The zero-order chi connectivity index (χ0) is 23.4. The maximum Gasteiger partial charge on any atom is 0.417 e. The van der Waals surface area contributed by atoms with Crippen LogP contribution in [0.1, 0.15) is 24.5 Å². The number of amides is 2. The summed E-state index contributed by atoms with van der Waals surface area (Å²) in [7, 11) is 0. The number of alkyl halides is 3. The van der Waals surface area contributed by atoms with Crippen LogP contribution in [0.15, 0.2) is 65.2 Å². The number of nitrogens with one attached hydrogen (secondary N) is 1. The first-order chi connectivity index (χ1) is 15.8. The number of likely N-dealkylation sites (tertiary alicyclic amines) is 1. The molecule has 172 valence electrons. The lowest BCUT2D eigenvalue weighted by Crippen LogP contribution is -2.42. The first-order valence-electron chi connectivity index (χ1n) is 10.2. The molecule has 0 spiro atoms. The summed E-state index contributed by atoms with van der Waals surface area (Å²) in [6.45, 7) is 3.19. The van der Waals surface area contributed by atoms with Gasteiger partial charge in [-0.25, -0.2) is 9.78 Å². The fourth-order valence-electron chi connectivity index (χ4n) is 3.53. The van der Waals surface area contributed by atoms with Crippen LogP contribution >= 0.6 is 0 Å². The van der Waals surface area contributed by atoms with Crippen LogP contribution in [0.4, 0.5) is 23.7 Å². The molecule has 1 aliphatic rings. The highest BCUT2D eigenvalue weighted by Gasteiger charge is 2.30. The molecule has 1 aliphatic heterocycles. The van der Waals surface area contributed by atoms with Gasteiger partial charge in [-0.05, 0) is 36.1 Å². The van der Waals surface area contributed by atoms with Gasteiger partial charge in [0, 0.05) is 25.4 Å². The third kappa shape index (κ3) is 5.71. The number of piperidine rings is 1. The summed E-state index contributed by atoms with van der Waals surface area (Å²) in [5.74, 6) is 0.691. The van der Waals surface area contributed by atoms with Crippen molar-refractivity contribution in [2.24, 2.45) is 5.92 Å². The van der Waals surface area contributed by atoms with Crippen LogP contribution in [0.3, 0.4) is 0 Å². The Bertz CT molecular complexity index is 1130. The van der Waals surface area contributed by atoms with Gasteiger partial charge in [0.05, 0.1) is 11.8 Å². The Morgan fingerprint density at radius 3 is 2.79 bits per heavy atom. The minimum Gasteiger partial charge on any atom is -0.439 e. The molecule has 1 saturated heterocycles. The highest BCUT2D eigenvalue weighted by atomic mass is 19.4. The molecular formula is C23H21F3N4O3. The van der Waals surface area contributed by atoms with Crippen LogP contribution in [-0.2, 0) is 6.18 Å². The fourth-order valence-corrected chi connectivity index (χ4v) is 3.53. The number of hydrogen-bond donors (Lipinski definition) is 1. The predicted octanol–water partition coefficient (Wildman–Crippen LogP) is 5.84. The molecule has 0 saturated carbocycles. The molecule has 1 aromatic carbocycles. The van der Waals surface area contributed by atoms with E-state index in [0.717, 1.165) is 17.8 Å². The number of benzene rings is 1. The monoisotopic (exact) mass is 458 g/mol. The summed E-state index contributed by atoms with van der Waals surface area (Å²) in [5, 5.41) is 6.31. The molecule has 3 heterocycles. The molecule has 4 rings (SSSR count). The van der Waals surface area contributed by atoms with Gasteiger partial charge in [-0.15, -0.1) is 0 Å². The molecule has 0 aliphatic carbocycles. The summed E-state index contributed by atoms with van der Waals surface area (Å²) in [5.41, 5.74) is 1.76. The number of rotatable bonds is 4. The van der Waals surface area contributed by atoms with Gasteiger partial charge in [-0.3, -0.25) is 0 Å². The van der Waals surface area contributed by atoms with E-state index in [0.29, 0.717) is 30.9 Å². The molecule has 1 N–H and O–H groups in total. The first kappa shape index (κ1) is 22.4. The summed E-state index contributed by atoms with van der Waals surface area (Å²) in [4.78, 5) is 17.9. The second-order valence-corrected chi connectivity index (χ2v) is 7.72. The molecule has 1 fully saturated rings. The third-order valence-corrected chi connectivity index (χ3v) is 5.26. The van der Waals surface area contributed by atoms with Crippen LogP contribution in [0, 0.1) is 5.92 Å². The lowest BCUT2D eigenvalue weighted by atomic mass is 9.91. The smallest absolute Gasteiger partial charge is 0.417 e. The molecule has 7 nitrogen and oxygen atoms in total. The highest BCUT2D eigenvalue weighted by molar-refractivity contribution is 5.89. The average molecular weight is 458 g/mol. The van der Waals surface area contributed by atoms with E-state index in [1.165, 1.54) is 24.1 Å². The van der Waals surface area contributed by atoms with E-state index in [1.807, 2.05) is 12.1 Å². The molecule has 2 aromatic heterocycles. The van der Waals surface area contributed by atoms with E-state index in [1.54, 1.807) is 23.1 Å². The van der Waals surface area contributed by atoms with Gasteiger partial charge in [0.1, 0.15) is 17.7 Å². The van der Waals surface area contributed by atoms with Gasteiger partial charge < -0.3 is 19.5 Å². The molecular weight excluding hydrogens is 437 g/mol. The lowest BCUT2D eigenvalue weighted by molar-refractivity contribution is -0.137. The number of nitrogens with zero attached hydrogens (tertiary/aromatic N) is 3. The number of pyridine rings is 1. The number of ether oxygens (including phenoxy) is 1. The molecule has 3 aromatic rings. The van der Waals surface area contributed by atoms with E-state index in [2.05, 4.69) is 22.4 Å². The topological polar surface area (TPSA) is 80.5 Å². The van der Waals surface area contributed by atoms with Gasteiger partial charge in [0.2, 0.25) is 5.88 Å². The van der Waals surface area contributed by atoms with Gasteiger partial charge >= 0.3 is 12.2 Å². The van der Waals surface area contributed by atoms with Crippen molar-refractivity contribution in [3.05, 3.63) is 71.8 Å². The lowest BCUT2D eigenvalue weighted by Gasteiger charge is -2.33. The predicted molar refractivity (Wildman–Crippen MR) is 115 cm³/mol. The van der Waals surface area contributed by atoms with Crippen molar-refractivity contribution in [3.63, 3.8) is 0 Å². The second-order valence-electron chi connectivity index (χ2n) is 7.72. The molecule has 1 unspecified atom stereocenters. The van der Waals surface area contributed by atoms with Crippen molar-refractivity contribution >= 4 is 17.8 Å². The van der Waals surface area contributed by atoms with Crippen LogP contribution in [-0.4, -0.2) is 34.2 Å². The number of halogens is 3. The third-order valence-electron chi connectivity index (χ3n) is 5.26. The number of carbonyl (C=O) groups excluding carboxylic acids is 1. The summed E-state index contributed by atoms with van der Waals surface area (Å²) < 4.78 is 48.4. The standard InChI is InChI=1S/C23H21F3N4O3/c1-15-13-30(22(31)29-19-12-28-32-14-19)8-7-17(15)9-16-3-2-4-20(10-16)33-21-6-5-18(11-27-21)23(24,25)26/h2-6,9-12,14-15H,7-8,13H2,1H3,(H,29,31)/b17-9+. The Labute approximate surface area is 187 Å². The van der Waals surface area contributed by atoms with Crippen LogP contribution in [0.2, 0.25) is 0 Å². The van der Waals surface area contributed by atoms with E-state index in [-0.39, 0.29) is 17.8 Å². The fraction of sp³-hybridized carbons (Fsp3) is 0.261. The minimum atomic E-state index is -4.44. The van der Waals surface area contributed by atoms with E-state index >= 15 is 0 Å². The SMILES string of the molecule is CC1CN(C(=O)Nc2cnoc2)CC/C1=C\c1cccc(Oc2ccc(C(F)(F)F)cn2)c1. The molecule has 10 heteroatoms. The Hall–Kier alpha value is -3.82. The van der Waals surface area contributed by atoms with Gasteiger partial charge in [-0.1, -0.05) is 35.9 Å². The van der Waals surface area contributed by atoms with Crippen molar-refractivity contribution in [3.8, 4) is 11.6 Å². The second kappa shape index (κ2) is 9.35. The Morgan fingerprint density at radius 1 is 1.27 bits per heavy atom. The summed E-state index contributed by atoms with van der Waals surface area (Å²) >= 11 is 0. The number of aromatic nitrogens is 2. The Balaban J connectivity index is 1.39. The highest BCUT2D eigenvalue weighted by Crippen LogP contribution is 2.31. The first-order valence-corrected chi connectivity index (χ1v) is 10.2. The van der Waals surface area contributed by atoms with E-state index in [4.69, 9.17) is 9.26 Å². The van der Waals surface area contributed by atoms with Crippen molar-refractivity contribution < 1.29 is 27.2 Å². The molecule has 2 amide bonds. The van der Waals surface area contributed by atoms with Gasteiger partial charge in [0.15, 0.2) is 0 Å². The Morgan fingerprint density at radius 2 is 2.12 bits per heavy atom. The summed E-state index contributed by atoms with van der Waals surface area (Å²) in [6, 6.07) is 9.14. The molecule has 33 heavy (non-hydrogen) atoms. The van der Waals surface area contributed by atoms with Crippen LogP contribution < -0.4 is 10.1 Å². The normalized spacial score (nSPS) is 17.8. The molecule has 0 radical (unpaired) electrons.